The molecule has 0 rings (SSSR count). The summed E-state index contributed by atoms with van der Waals surface area (Å²) in [5.74, 6) is 0.358. The number of carbonyl (C=O) groups excluding carboxylic acids is 2. The van der Waals surface area contributed by atoms with Crippen LogP contribution in [0.2, 0.25) is 0 Å². The zero-order valence-electron chi connectivity index (χ0n) is 31.6. The van der Waals surface area contributed by atoms with E-state index in [0.717, 1.165) is 77.8 Å². The molecule has 0 aliphatic heterocycles. The fraction of sp³-hybridized carbons (Fsp3) is 0.949. The Bertz CT molecular complexity index is 673. The first-order valence-corrected chi connectivity index (χ1v) is 19.9. The van der Waals surface area contributed by atoms with Crippen LogP contribution in [0.25, 0.3) is 0 Å². The fourth-order valence-electron chi connectivity index (χ4n) is 6.10. The number of nitrogens with zero attached hydrogens (tertiary/aromatic N) is 2. The number of hydrogen-bond acceptors (Lipinski definition) is 7. The van der Waals surface area contributed by atoms with Gasteiger partial charge in [0.2, 0.25) is 0 Å². The second-order valence-corrected chi connectivity index (χ2v) is 13.4. The summed E-state index contributed by atoms with van der Waals surface area (Å²) in [4.78, 5) is 30.1. The smallest absolute Gasteiger partial charge is 0.465 e. The third kappa shape index (κ3) is 27.7. The van der Waals surface area contributed by atoms with Crippen LogP contribution in [0.15, 0.2) is 0 Å². The van der Waals surface area contributed by atoms with Gasteiger partial charge in [0.25, 0.3) is 0 Å². The summed E-state index contributed by atoms with van der Waals surface area (Å²) in [6.45, 7) is 20.0. The third-order valence-electron chi connectivity index (χ3n) is 9.26. The van der Waals surface area contributed by atoms with E-state index in [1.54, 1.807) is 0 Å². The predicted octanol–water partition coefficient (Wildman–Crippen LogP) is 10.6. The third-order valence-corrected chi connectivity index (χ3v) is 9.26. The monoisotopic (exact) mass is 655 g/mol. The molecule has 0 bridgehead atoms. The number of rotatable bonds is 34. The second-order valence-electron chi connectivity index (χ2n) is 13.4. The summed E-state index contributed by atoms with van der Waals surface area (Å²) in [7, 11) is 0. The topological polar surface area (TPSA) is 68.3 Å². The maximum atomic E-state index is 12.7. The lowest BCUT2D eigenvalue weighted by Crippen LogP contribution is -2.37. The van der Waals surface area contributed by atoms with Crippen molar-refractivity contribution in [1.82, 2.24) is 9.80 Å². The largest absolute Gasteiger partial charge is 0.508 e. The van der Waals surface area contributed by atoms with Gasteiger partial charge in [-0.25, -0.2) is 4.79 Å². The molecule has 0 amide bonds. The Morgan fingerprint density at radius 3 is 1.63 bits per heavy atom. The van der Waals surface area contributed by atoms with Crippen LogP contribution in [-0.4, -0.2) is 80.5 Å². The zero-order chi connectivity index (χ0) is 34.1. The van der Waals surface area contributed by atoms with Gasteiger partial charge in [-0.05, 0) is 70.5 Å². The van der Waals surface area contributed by atoms with E-state index < -0.39 is 6.16 Å². The number of likely N-dealkylation sites (N-methyl/N-ethyl adjacent to an activating group) is 1. The molecular weight excluding hydrogens is 576 g/mol. The maximum Gasteiger partial charge on any atom is 0.508 e. The molecule has 0 aliphatic carbocycles. The van der Waals surface area contributed by atoms with Crippen LogP contribution in [0, 0.1) is 5.92 Å². The number of unbranched alkanes of at least 4 members (excludes halogenated alkanes) is 11. The summed E-state index contributed by atoms with van der Waals surface area (Å²) >= 11 is 0. The summed E-state index contributed by atoms with van der Waals surface area (Å²) in [5, 5.41) is 0. The zero-order valence-corrected chi connectivity index (χ0v) is 31.6. The Balaban J connectivity index is 4.68. The molecule has 0 aromatic carbocycles. The molecular formula is C39H78N2O5. The highest BCUT2D eigenvalue weighted by atomic mass is 16.7. The molecule has 7 heteroatoms. The highest BCUT2D eigenvalue weighted by Crippen LogP contribution is 2.20. The van der Waals surface area contributed by atoms with E-state index in [9.17, 15) is 9.59 Å². The molecule has 0 radical (unpaired) electrons. The van der Waals surface area contributed by atoms with Crippen molar-refractivity contribution in [2.24, 2.45) is 5.92 Å². The predicted molar refractivity (Wildman–Crippen MR) is 195 cm³/mol. The molecule has 7 nitrogen and oxygen atoms in total. The van der Waals surface area contributed by atoms with Gasteiger partial charge in [0.05, 0.1) is 6.61 Å². The number of carbonyl (C=O) groups is 2. The molecule has 0 aliphatic rings. The van der Waals surface area contributed by atoms with E-state index in [2.05, 4.69) is 51.3 Å². The SMILES string of the molecule is CCCCCCCCC(CCCCCC)COC(=O)CCCC(CCCCCC)OC(=O)OCCN(CCC)CCN(CC)CC. The van der Waals surface area contributed by atoms with E-state index in [0.29, 0.717) is 38.4 Å². The van der Waals surface area contributed by atoms with Crippen molar-refractivity contribution in [2.45, 2.75) is 182 Å². The average Bonchev–Trinajstić information content (AvgIpc) is 3.05. The van der Waals surface area contributed by atoms with E-state index in [4.69, 9.17) is 14.2 Å². The first-order chi connectivity index (χ1) is 22.4. The highest BCUT2D eigenvalue weighted by Gasteiger charge is 2.18. The molecule has 46 heavy (non-hydrogen) atoms. The van der Waals surface area contributed by atoms with Gasteiger partial charge in [-0.15, -0.1) is 0 Å². The number of ether oxygens (including phenoxy) is 3. The van der Waals surface area contributed by atoms with E-state index >= 15 is 0 Å². The molecule has 0 aromatic rings. The Labute approximate surface area is 286 Å². The fourth-order valence-corrected chi connectivity index (χ4v) is 6.10. The van der Waals surface area contributed by atoms with Crippen LogP contribution in [0.3, 0.4) is 0 Å². The van der Waals surface area contributed by atoms with Crippen molar-refractivity contribution in [3.05, 3.63) is 0 Å². The van der Waals surface area contributed by atoms with E-state index in [1.807, 2.05) is 0 Å². The van der Waals surface area contributed by atoms with Gasteiger partial charge in [-0.2, -0.15) is 0 Å². The first-order valence-electron chi connectivity index (χ1n) is 19.9. The van der Waals surface area contributed by atoms with Crippen LogP contribution in [0.1, 0.15) is 176 Å². The van der Waals surface area contributed by atoms with Crippen molar-refractivity contribution in [1.29, 1.82) is 0 Å². The standard InChI is InChI=1S/C39H78N2O5/c1-7-13-16-19-20-22-26-36(25-21-17-14-8-2)35-45-38(42)29-24-28-37(27-23-18-15-9-3)46-39(43)44-34-33-41(30-10-4)32-31-40(11-5)12-6/h36-37H,7-35H2,1-6H3. The normalized spacial score (nSPS) is 12.9. The number of esters is 1. The van der Waals surface area contributed by atoms with E-state index in [-0.39, 0.29) is 12.1 Å². The quantitative estimate of drug-likeness (QED) is 0.0505. The lowest BCUT2D eigenvalue weighted by Gasteiger charge is -2.26. The molecule has 0 aromatic heterocycles. The van der Waals surface area contributed by atoms with Crippen LogP contribution < -0.4 is 0 Å². The second kappa shape index (κ2) is 33.6. The summed E-state index contributed by atoms with van der Waals surface area (Å²) < 4.78 is 17.1. The summed E-state index contributed by atoms with van der Waals surface area (Å²) in [6, 6.07) is 0. The molecule has 274 valence electrons. The van der Waals surface area contributed by atoms with Gasteiger partial charge in [-0.1, -0.05) is 125 Å². The molecule has 0 spiro atoms. The van der Waals surface area contributed by atoms with Crippen LogP contribution in [0.4, 0.5) is 4.79 Å². The van der Waals surface area contributed by atoms with Crippen LogP contribution in [-0.2, 0) is 19.0 Å². The minimum Gasteiger partial charge on any atom is -0.465 e. The van der Waals surface area contributed by atoms with Crippen LogP contribution >= 0.6 is 0 Å². The summed E-state index contributed by atoms with van der Waals surface area (Å²) in [5.41, 5.74) is 0. The molecule has 0 N–H and O–H groups in total. The maximum absolute atomic E-state index is 12.7. The summed E-state index contributed by atoms with van der Waals surface area (Å²) in [6.07, 6.45) is 22.4. The minimum absolute atomic E-state index is 0.116. The van der Waals surface area contributed by atoms with Crippen molar-refractivity contribution >= 4 is 12.1 Å². The van der Waals surface area contributed by atoms with Gasteiger partial charge >= 0.3 is 12.1 Å². The average molecular weight is 655 g/mol. The molecule has 2 atom stereocenters. The molecule has 0 saturated heterocycles. The minimum atomic E-state index is -0.580. The molecule has 2 unspecified atom stereocenters. The Morgan fingerprint density at radius 2 is 1.04 bits per heavy atom. The Hall–Kier alpha value is -1.34. The molecule has 0 fully saturated rings. The van der Waals surface area contributed by atoms with Crippen molar-refractivity contribution in [3.8, 4) is 0 Å². The van der Waals surface area contributed by atoms with Gasteiger partial charge in [0.15, 0.2) is 0 Å². The highest BCUT2D eigenvalue weighted by molar-refractivity contribution is 5.69. The van der Waals surface area contributed by atoms with Gasteiger partial charge in [0.1, 0.15) is 12.7 Å². The number of hydrogen-bond donors (Lipinski definition) is 0. The lowest BCUT2D eigenvalue weighted by molar-refractivity contribution is -0.145. The van der Waals surface area contributed by atoms with Gasteiger partial charge in [-0.3, -0.25) is 9.69 Å². The Kier molecular flexibility index (Phi) is 32.6. The molecule has 0 heterocycles. The van der Waals surface area contributed by atoms with Crippen molar-refractivity contribution in [3.63, 3.8) is 0 Å². The van der Waals surface area contributed by atoms with E-state index in [1.165, 1.54) is 77.0 Å². The van der Waals surface area contributed by atoms with Crippen LogP contribution in [0.5, 0.6) is 0 Å². The molecule has 0 saturated carbocycles. The van der Waals surface area contributed by atoms with Gasteiger partial charge < -0.3 is 19.1 Å². The first kappa shape index (κ1) is 44.7. The van der Waals surface area contributed by atoms with Crippen molar-refractivity contribution < 1.29 is 23.8 Å². The van der Waals surface area contributed by atoms with Crippen molar-refractivity contribution in [2.75, 3.05) is 52.5 Å². The Morgan fingerprint density at radius 1 is 0.522 bits per heavy atom. The van der Waals surface area contributed by atoms with Gasteiger partial charge in [0, 0.05) is 26.1 Å². The lowest BCUT2D eigenvalue weighted by atomic mass is 9.95.